The summed E-state index contributed by atoms with van der Waals surface area (Å²) < 4.78 is 97.5. The molecule has 1 atom stereocenters. The minimum absolute atomic E-state index is 0.0874. The van der Waals surface area contributed by atoms with E-state index >= 15 is 0 Å². The first kappa shape index (κ1) is 29.6. The van der Waals surface area contributed by atoms with Crippen molar-refractivity contribution < 1.29 is 35.5 Å². The van der Waals surface area contributed by atoms with Crippen LogP contribution < -0.4 is 10.9 Å². The summed E-state index contributed by atoms with van der Waals surface area (Å²) in [7, 11) is 0. The fraction of sp³-hybridized carbons (Fsp3) is 0.160. The molecule has 3 rings (SSSR count). The van der Waals surface area contributed by atoms with Gasteiger partial charge in [-0.15, -0.1) is 0 Å². The molecule has 0 fully saturated rings. The maximum Gasteiger partial charge on any atom is 0.417 e. The zero-order chi connectivity index (χ0) is 28.4. The summed E-state index contributed by atoms with van der Waals surface area (Å²) in [6.45, 7) is 1.81. The van der Waals surface area contributed by atoms with E-state index < -0.39 is 52.3 Å². The number of carbonyl (C=O) groups excluding carboxylic acids is 1. The highest BCUT2D eigenvalue weighted by Gasteiger charge is 2.41. The molecule has 202 valence electrons. The van der Waals surface area contributed by atoms with Gasteiger partial charge in [0.1, 0.15) is 11.7 Å². The Labute approximate surface area is 227 Å². The second-order valence-electron chi connectivity index (χ2n) is 8.04. The molecule has 0 aliphatic carbocycles. The van der Waals surface area contributed by atoms with Gasteiger partial charge in [-0.3, -0.25) is 15.6 Å². The fourth-order valence-corrected chi connectivity index (χ4v) is 3.95. The highest BCUT2D eigenvalue weighted by atomic mass is 35.5. The molecule has 0 saturated carbocycles. The third kappa shape index (κ3) is 7.12. The van der Waals surface area contributed by atoms with Crippen molar-refractivity contribution in [2.24, 2.45) is 0 Å². The van der Waals surface area contributed by atoms with E-state index in [-0.39, 0.29) is 27.2 Å². The minimum atomic E-state index is -5.13. The number of carbonyl (C=O) groups is 1. The molecule has 0 aliphatic heterocycles. The van der Waals surface area contributed by atoms with Gasteiger partial charge in [-0.05, 0) is 55.0 Å². The molecule has 0 heterocycles. The average Bonchev–Trinajstić information content (AvgIpc) is 2.83. The first-order valence-electron chi connectivity index (χ1n) is 10.5. The summed E-state index contributed by atoms with van der Waals surface area (Å²) in [4.78, 5) is 12.5. The molecule has 0 spiro atoms. The number of halogens is 10. The minimum Gasteiger partial charge on any atom is -0.298 e. The third-order valence-electron chi connectivity index (χ3n) is 5.25. The lowest BCUT2D eigenvalue weighted by Gasteiger charge is -2.19. The Morgan fingerprint density at radius 2 is 1.47 bits per heavy atom. The number of aryl methyl sites for hydroxylation is 1. The zero-order valence-corrected chi connectivity index (χ0v) is 21.3. The van der Waals surface area contributed by atoms with Crippen molar-refractivity contribution in [2.45, 2.75) is 25.2 Å². The smallest absolute Gasteiger partial charge is 0.298 e. The SMILES string of the molecule is Cc1ccc(NNC(=O)c2ccc(C(F)=CC(c3cc(Cl)c(Cl)c(Cl)c3)C(F)(F)F)cc2C(F)(F)F)cc1. The Bertz CT molecular complexity index is 1350. The van der Waals surface area contributed by atoms with Gasteiger partial charge in [0, 0.05) is 5.56 Å². The normalized spacial score (nSPS) is 13.3. The van der Waals surface area contributed by atoms with Crippen LogP contribution in [0.25, 0.3) is 5.83 Å². The summed E-state index contributed by atoms with van der Waals surface area (Å²) >= 11 is 17.3. The summed E-state index contributed by atoms with van der Waals surface area (Å²) in [5.41, 5.74) is 1.99. The second kappa shape index (κ2) is 11.4. The number of benzene rings is 3. The average molecular weight is 600 g/mol. The summed E-state index contributed by atoms with van der Waals surface area (Å²) in [6.07, 6.45) is -10.1. The van der Waals surface area contributed by atoms with Gasteiger partial charge in [0.15, 0.2) is 0 Å². The van der Waals surface area contributed by atoms with Gasteiger partial charge in [0.05, 0.1) is 31.9 Å². The monoisotopic (exact) mass is 598 g/mol. The lowest BCUT2D eigenvalue weighted by atomic mass is 9.95. The molecule has 13 heteroatoms. The van der Waals surface area contributed by atoms with Gasteiger partial charge in [0.25, 0.3) is 5.91 Å². The number of hydrazine groups is 1. The molecule has 0 saturated heterocycles. The van der Waals surface area contributed by atoms with Crippen LogP contribution in [0, 0.1) is 6.92 Å². The molecule has 2 N–H and O–H groups in total. The van der Waals surface area contributed by atoms with Crippen LogP contribution in [0.3, 0.4) is 0 Å². The molecule has 3 nitrogen and oxygen atoms in total. The summed E-state index contributed by atoms with van der Waals surface area (Å²) in [6, 6.07) is 9.86. The van der Waals surface area contributed by atoms with Crippen molar-refractivity contribution in [1.82, 2.24) is 5.43 Å². The largest absolute Gasteiger partial charge is 0.417 e. The lowest BCUT2D eigenvalue weighted by Crippen LogP contribution is -2.31. The number of nitrogens with one attached hydrogen (secondary N) is 2. The number of hydrogen-bond acceptors (Lipinski definition) is 2. The van der Waals surface area contributed by atoms with E-state index in [0.29, 0.717) is 11.8 Å². The molecular weight excluding hydrogens is 584 g/mol. The second-order valence-corrected chi connectivity index (χ2v) is 9.23. The summed E-state index contributed by atoms with van der Waals surface area (Å²) in [5.74, 6) is -5.44. The molecular formula is C25H16Cl3F7N2O. The molecule has 3 aromatic rings. The van der Waals surface area contributed by atoms with E-state index in [2.05, 4.69) is 10.9 Å². The predicted molar refractivity (Wildman–Crippen MR) is 133 cm³/mol. The first-order valence-corrected chi connectivity index (χ1v) is 11.6. The van der Waals surface area contributed by atoms with Crippen LogP contribution in [0.2, 0.25) is 15.1 Å². The van der Waals surface area contributed by atoms with E-state index in [1.807, 2.05) is 6.92 Å². The Morgan fingerprint density at radius 3 is 2.00 bits per heavy atom. The zero-order valence-electron chi connectivity index (χ0n) is 19.0. The van der Waals surface area contributed by atoms with Gasteiger partial charge in [-0.25, -0.2) is 4.39 Å². The predicted octanol–water partition coefficient (Wildman–Crippen LogP) is 9.39. The number of rotatable bonds is 6. The van der Waals surface area contributed by atoms with E-state index in [4.69, 9.17) is 34.8 Å². The number of allylic oxidation sites excluding steroid dienone is 1. The molecule has 0 radical (unpaired) electrons. The van der Waals surface area contributed by atoms with E-state index in [1.165, 1.54) is 0 Å². The van der Waals surface area contributed by atoms with Crippen molar-refractivity contribution >= 4 is 52.2 Å². The lowest BCUT2D eigenvalue weighted by molar-refractivity contribution is -0.140. The van der Waals surface area contributed by atoms with Crippen LogP contribution in [0.1, 0.15) is 38.5 Å². The highest BCUT2D eigenvalue weighted by molar-refractivity contribution is 6.48. The molecule has 3 aromatic carbocycles. The van der Waals surface area contributed by atoms with Crippen LogP contribution >= 0.6 is 34.8 Å². The van der Waals surface area contributed by atoms with Crippen molar-refractivity contribution in [3.05, 3.63) is 104 Å². The number of alkyl halides is 6. The Hall–Kier alpha value is -2.95. The van der Waals surface area contributed by atoms with Crippen LogP contribution in [-0.4, -0.2) is 12.1 Å². The third-order valence-corrected chi connectivity index (χ3v) is 6.45. The van der Waals surface area contributed by atoms with Crippen molar-refractivity contribution in [3.8, 4) is 0 Å². The maximum absolute atomic E-state index is 15.0. The molecule has 0 aromatic heterocycles. The van der Waals surface area contributed by atoms with Gasteiger partial charge >= 0.3 is 12.4 Å². The topological polar surface area (TPSA) is 41.1 Å². The van der Waals surface area contributed by atoms with Crippen LogP contribution in [-0.2, 0) is 6.18 Å². The van der Waals surface area contributed by atoms with Crippen LogP contribution in [0.4, 0.5) is 36.4 Å². The Kier molecular flexibility index (Phi) is 8.90. The van der Waals surface area contributed by atoms with Crippen molar-refractivity contribution in [1.29, 1.82) is 0 Å². The Morgan fingerprint density at radius 1 is 0.895 bits per heavy atom. The van der Waals surface area contributed by atoms with E-state index in [1.54, 1.807) is 24.3 Å². The van der Waals surface area contributed by atoms with Crippen LogP contribution in [0.5, 0.6) is 0 Å². The summed E-state index contributed by atoms with van der Waals surface area (Å²) in [5, 5.41) is -0.875. The van der Waals surface area contributed by atoms with E-state index in [9.17, 15) is 35.5 Å². The molecule has 1 unspecified atom stereocenters. The number of hydrogen-bond donors (Lipinski definition) is 2. The standard InChI is InChI=1S/C25H16Cl3F7N2O/c1-12-2-5-15(6-3-12)36-37-23(38)16-7-4-13(8-18(16)25(33,34)35)21(29)11-17(24(30,31)32)14-9-19(26)22(28)20(27)10-14/h2-11,17,36H,1H3,(H,37,38). The van der Waals surface area contributed by atoms with Crippen molar-refractivity contribution in [3.63, 3.8) is 0 Å². The number of anilines is 1. The van der Waals surface area contributed by atoms with Gasteiger partial charge in [0.2, 0.25) is 0 Å². The molecule has 1 amide bonds. The first-order chi connectivity index (χ1) is 17.6. The molecule has 0 bridgehead atoms. The van der Waals surface area contributed by atoms with Gasteiger partial charge in [-0.1, -0.05) is 58.6 Å². The molecule has 0 aliphatic rings. The maximum atomic E-state index is 15.0. The Balaban J connectivity index is 1.97. The van der Waals surface area contributed by atoms with Crippen molar-refractivity contribution in [2.75, 3.05) is 5.43 Å². The van der Waals surface area contributed by atoms with Crippen LogP contribution in [0.15, 0.2) is 60.7 Å². The van der Waals surface area contributed by atoms with E-state index in [0.717, 1.165) is 23.8 Å². The highest BCUT2D eigenvalue weighted by Crippen LogP contribution is 2.42. The quantitative estimate of drug-likeness (QED) is 0.168. The fourth-order valence-electron chi connectivity index (χ4n) is 3.34. The van der Waals surface area contributed by atoms with Gasteiger partial charge < -0.3 is 0 Å². The van der Waals surface area contributed by atoms with Gasteiger partial charge in [-0.2, -0.15) is 26.3 Å². The molecule has 38 heavy (non-hydrogen) atoms. The number of amides is 1.